The highest BCUT2D eigenvalue weighted by molar-refractivity contribution is 5.86. The second kappa shape index (κ2) is 15.5. The fourth-order valence-electron chi connectivity index (χ4n) is 3.02. The van der Waals surface area contributed by atoms with E-state index in [-0.39, 0.29) is 12.0 Å². The van der Waals surface area contributed by atoms with Crippen LogP contribution in [0, 0.1) is 5.92 Å². The van der Waals surface area contributed by atoms with Crippen molar-refractivity contribution in [2.75, 3.05) is 6.54 Å². The summed E-state index contributed by atoms with van der Waals surface area (Å²) in [4.78, 5) is 12.6. The van der Waals surface area contributed by atoms with E-state index in [2.05, 4.69) is 13.8 Å². The van der Waals surface area contributed by atoms with Gasteiger partial charge in [-0.1, -0.05) is 71.6 Å². The van der Waals surface area contributed by atoms with Crippen molar-refractivity contribution < 1.29 is 4.79 Å². The van der Waals surface area contributed by atoms with Gasteiger partial charge in [-0.05, 0) is 32.2 Å². The van der Waals surface area contributed by atoms with Crippen LogP contribution in [0.25, 0.3) is 0 Å². The van der Waals surface area contributed by atoms with E-state index < -0.39 is 0 Å². The molecule has 0 heterocycles. The minimum Gasteiger partial charge on any atom is -0.330 e. The number of rotatable bonds is 16. The maximum absolute atomic E-state index is 12.6. The highest BCUT2D eigenvalue weighted by Crippen LogP contribution is 2.21. The monoisotopic (exact) mass is 312 g/mol. The van der Waals surface area contributed by atoms with Crippen LogP contribution < -0.4 is 11.5 Å². The first-order valence-electron chi connectivity index (χ1n) is 9.66. The molecule has 0 unspecified atom stereocenters. The highest BCUT2D eigenvalue weighted by Gasteiger charge is 2.23. The Balaban J connectivity index is 4.23. The average molecular weight is 313 g/mol. The third-order valence-corrected chi connectivity index (χ3v) is 4.55. The molecular formula is C19H40N2O. The van der Waals surface area contributed by atoms with Crippen molar-refractivity contribution in [3.05, 3.63) is 0 Å². The van der Waals surface area contributed by atoms with Gasteiger partial charge in [0.15, 0.2) is 5.78 Å². The van der Waals surface area contributed by atoms with Gasteiger partial charge in [-0.2, -0.15) is 0 Å². The number of ketones is 1. The number of nitrogens with two attached hydrogens (primary N) is 2. The zero-order chi connectivity index (χ0) is 16.6. The molecular weight excluding hydrogens is 272 g/mol. The Morgan fingerprint density at radius 3 is 1.73 bits per heavy atom. The van der Waals surface area contributed by atoms with Crippen LogP contribution in [0.5, 0.6) is 0 Å². The van der Waals surface area contributed by atoms with Gasteiger partial charge in [0.1, 0.15) is 0 Å². The highest BCUT2D eigenvalue weighted by atomic mass is 16.1. The molecule has 0 saturated heterocycles. The van der Waals surface area contributed by atoms with Gasteiger partial charge < -0.3 is 11.5 Å². The van der Waals surface area contributed by atoms with E-state index >= 15 is 0 Å². The number of hydrogen-bond donors (Lipinski definition) is 2. The molecule has 22 heavy (non-hydrogen) atoms. The summed E-state index contributed by atoms with van der Waals surface area (Å²) in [6.07, 6.45) is 14.7. The molecule has 3 heteroatoms. The second-order valence-electron chi connectivity index (χ2n) is 6.69. The largest absolute Gasteiger partial charge is 0.330 e. The normalized spacial score (nSPS) is 12.8. The Hall–Kier alpha value is -0.410. The molecule has 0 amide bonds. The molecule has 0 rings (SSSR count). The predicted octanol–water partition coefficient (Wildman–Crippen LogP) is 4.57. The number of carbonyl (C=O) groups is 1. The average Bonchev–Trinajstić information content (AvgIpc) is 2.53. The lowest BCUT2D eigenvalue weighted by Gasteiger charge is -2.20. The van der Waals surface area contributed by atoms with Crippen LogP contribution in [0.3, 0.4) is 0 Å². The first kappa shape index (κ1) is 21.6. The van der Waals surface area contributed by atoms with Gasteiger partial charge in [0.25, 0.3) is 0 Å². The molecule has 3 nitrogen and oxygen atoms in total. The van der Waals surface area contributed by atoms with Crippen molar-refractivity contribution >= 4 is 5.78 Å². The summed E-state index contributed by atoms with van der Waals surface area (Å²) >= 11 is 0. The zero-order valence-corrected chi connectivity index (χ0v) is 15.1. The van der Waals surface area contributed by atoms with Crippen molar-refractivity contribution in [1.29, 1.82) is 0 Å². The molecule has 0 aliphatic carbocycles. The zero-order valence-electron chi connectivity index (χ0n) is 15.1. The quantitative estimate of drug-likeness (QED) is 0.410. The van der Waals surface area contributed by atoms with E-state index in [1.807, 2.05) is 0 Å². The fourth-order valence-corrected chi connectivity index (χ4v) is 3.02. The summed E-state index contributed by atoms with van der Waals surface area (Å²) in [6.45, 7) is 5.14. The first-order chi connectivity index (χ1) is 10.7. The lowest BCUT2D eigenvalue weighted by molar-refractivity contribution is -0.124. The number of unbranched alkanes of at least 4 members (excludes halogenated alkanes) is 7. The Kier molecular flexibility index (Phi) is 15.2. The van der Waals surface area contributed by atoms with Gasteiger partial charge in [0.2, 0.25) is 0 Å². The van der Waals surface area contributed by atoms with Gasteiger partial charge in [-0.25, -0.2) is 0 Å². The minimum absolute atomic E-state index is 0.196. The van der Waals surface area contributed by atoms with E-state index in [4.69, 9.17) is 11.5 Å². The molecule has 0 aromatic heterocycles. The Morgan fingerprint density at radius 1 is 0.773 bits per heavy atom. The summed E-state index contributed by atoms with van der Waals surface area (Å²) in [7, 11) is 0. The maximum Gasteiger partial charge on any atom is 0.152 e. The standard InChI is InChI=1S/C19H40N2O/c1-3-5-7-9-13-17(14-10-8-6-4-2)19(22)18(21)15-11-12-16-20/h17-18H,3-16,20-21H2,1-2H3/t18-/m1/s1. The van der Waals surface area contributed by atoms with Gasteiger partial charge in [0.05, 0.1) is 6.04 Å². The summed E-state index contributed by atoms with van der Waals surface area (Å²) < 4.78 is 0. The molecule has 0 saturated carbocycles. The smallest absolute Gasteiger partial charge is 0.152 e. The Bertz CT molecular complexity index is 244. The van der Waals surface area contributed by atoms with Gasteiger partial charge in [-0.15, -0.1) is 0 Å². The van der Waals surface area contributed by atoms with Crippen LogP contribution in [-0.4, -0.2) is 18.4 Å². The fraction of sp³-hybridized carbons (Fsp3) is 0.947. The van der Waals surface area contributed by atoms with E-state index in [0.29, 0.717) is 12.3 Å². The van der Waals surface area contributed by atoms with E-state index in [9.17, 15) is 4.79 Å². The molecule has 0 bridgehead atoms. The summed E-state index contributed by atoms with van der Waals surface area (Å²) in [5.41, 5.74) is 11.6. The van der Waals surface area contributed by atoms with Crippen molar-refractivity contribution in [1.82, 2.24) is 0 Å². The molecule has 4 N–H and O–H groups in total. The molecule has 0 fully saturated rings. The van der Waals surface area contributed by atoms with Crippen LogP contribution >= 0.6 is 0 Å². The molecule has 0 aliphatic heterocycles. The van der Waals surface area contributed by atoms with Crippen molar-refractivity contribution in [3.8, 4) is 0 Å². The predicted molar refractivity (Wildman–Crippen MR) is 96.9 cm³/mol. The molecule has 0 radical (unpaired) electrons. The molecule has 0 aromatic carbocycles. The van der Waals surface area contributed by atoms with E-state index in [1.54, 1.807) is 0 Å². The van der Waals surface area contributed by atoms with Gasteiger partial charge >= 0.3 is 0 Å². The Labute approximate surface area is 138 Å². The number of hydrogen-bond acceptors (Lipinski definition) is 3. The third kappa shape index (κ3) is 11.2. The van der Waals surface area contributed by atoms with Crippen molar-refractivity contribution in [3.63, 3.8) is 0 Å². The van der Waals surface area contributed by atoms with Crippen LogP contribution in [0.15, 0.2) is 0 Å². The number of carbonyl (C=O) groups excluding carboxylic acids is 1. The molecule has 132 valence electrons. The SMILES string of the molecule is CCCCCCC(CCCCCC)C(=O)[C@H](N)CCCCN. The summed E-state index contributed by atoms with van der Waals surface area (Å²) in [5, 5.41) is 0. The topological polar surface area (TPSA) is 69.1 Å². The van der Waals surface area contributed by atoms with E-state index in [0.717, 1.165) is 32.1 Å². The molecule has 0 aromatic rings. The summed E-state index contributed by atoms with van der Waals surface area (Å²) in [6, 6.07) is -0.270. The van der Waals surface area contributed by atoms with Gasteiger partial charge in [-0.3, -0.25) is 4.79 Å². The second-order valence-corrected chi connectivity index (χ2v) is 6.69. The summed E-state index contributed by atoms with van der Waals surface area (Å²) in [5.74, 6) is 0.506. The minimum atomic E-state index is -0.270. The lowest BCUT2D eigenvalue weighted by atomic mass is 9.86. The van der Waals surface area contributed by atoms with Crippen LogP contribution in [-0.2, 0) is 4.79 Å². The molecule has 0 aliphatic rings. The van der Waals surface area contributed by atoms with Crippen LogP contribution in [0.2, 0.25) is 0 Å². The van der Waals surface area contributed by atoms with Crippen molar-refractivity contribution in [2.45, 2.75) is 103 Å². The van der Waals surface area contributed by atoms with Crippen molar-refractivity contribution in [2.24, 2.45) is 17.4 Å². The van der Waals surface area contributed by atoms with Gasteiger partial charge in [0, 0.05) is 5.92 Å². The lowest BCUT2D eigenvalue weighted by Crippen LogP contribution is -2.35. The first-order valence-corrected chi connectivity index (χ1v) is 9.66. The van der Waals surface area contributed by atoms with Crippen LogP contribution in [0.4, 0.5) is 0 Å². The number of Topliss-reactive ketones (excluding diaryl/α,β-unsaturated/α-hetero) is 1. The van der Waals surface area contributed by atoms with Crippen LogP contribution in [0.1, 0.15) is 97.3 Å². The third-order valence-electron chi connectivity index (χ3n) is 4.55. The molecule has 0 spiro atoms. The Morgan fingerprint density at radius 2 is 1.27 bits per heavy atom. The van der Waals surface area contributed by atoms with E-state index in [1.165, 1.54) is 51.4 Å². The maximum atomic E-state index is 12.6. The molecule has 1 atom stereocenters.